The number of para-hydroxylation sites is 1. The maximum atomic E-state index is 12.2. The van der Waals surface area contributed by atoms with Gasteiger partial charge in [-0.25, -0.2) is 10.8 Å². The first-order chi connectivity index (χ1) is 10.2. The highest BCUT2D eigenvalue weighted by Gasteiger charge is 2.08. The summed E-state index contributed by atoms with van der Waals surface area (Å²) in [4.78, 5) is 16.5. The highest BCUT2D eigenvalue weighted by Crippen LogP contribution is 2.19. The van der Waals surface area contributed by atoms with Gasteiger partial charge in [0.25, 0.3) is 5.56 Å². The fourth-order valence-corrected chi connectivity index (χ4v) is 2.40. The molecule has 0 aliphatic heterocycles. The number of nitrogens with zero attached hydrogens (tertiary/aromatic N) is 2. The van der Waals surface area contributed by atoms with E-state index in [0.29, 0.717) is 16.5 Å². The van der Waals surface area contributed by atoms with Crippen LogP contribution in [0.4, 0.5) is 5.82 Å². The SMILES string of the molecule is NNc1ccc(Cl)c(Cn2c(=O)ccc3ccccc32)n1. The summed E-state index contributed by atoms with van der Waals surface area (Å²) in [6.07, 6.45) is 0. The van der Waals surface area contributed by atoms with Gasteiger partial charge >= 0.3 is 0 Å². The van der Waals surface area contributed by atoms with Crippen LogP contribution in [0.1, 0.15) is 5.69 Å². The Labute approximate surface area is 126 Å². The van der Waals surface area contributed by atoms with Gasteiger partial charge in [0.15, 0.2) is 0 Å². The van der Waals surface area contributed by atoms with E-state index < -0.39 is 0 Å². The Morgan fingerprint density at radius 1 is 1.14 bits per heavy atom. The average molecular weight is 301 g/mol. The number of pyridine rings is 2. The molecule has 0 saturated carbocycles. The fraction of sp³-hybridized carbons (Fsp3) is 0.0667. The van der Waals surface area contributed by atoms with Crippen molar-refractivity contribution in [2.45, 2.75) is 6.54 Å². The smallest absolute Gasteiger partial charge is 0.251 e. The van der Waals surface area contributed by atoms with E-state index in [4.69, 9.17) is 17.4 Å². The molecule has 3 aromatic rings. The Balaban J connectivity index is 2.14. The highest BCUT2D eigenvalue weighted by molar-refractivity contribution is 6.31. The molecule has 0 aliphatic rings. The molecule has 106 valence electrons. The molecular formula is C15H13ClN4O. The van der Waals surface area contributed by atoms with Crippen molar-refractivity contribution in [1.82, 2.24) is 9.55 Å². The monoisotopic (exact) mass is 300 g/mol. The first kappa shape index (κ1) is 13.6. The van der Waals surface area contributed by atoms with Gasteiger partial charge in [-0.15, -0.1) is 0 Å². The number of hydrogen-bond acceptors (Lipinski definition) is 4. The second kappa shape index (κ2) is 5.55. The summed E-state index contributed by atoms with van der Waals surface area (Å²) < 4.78 is 1.64. The topological polar surface area (TPSA) is 72.9 Å². The third kappa shape index (κ3) is 2.61. The predicted molar refractivity (Wildman–Crippen MR) is 84.4 cm³/mol. The van der Waals surface area contributed by atoms with Crippen molar-refractivity contribution in [1.29, 1.82) is 0 Å². The zero-order chi connectivity index (χ0) is 14.8. The molecule has 2 aromatic heterocycles. The molecule has 6 heteroatoms. The van der Waals surface area contributed by atoms with Crippen molar-refractivity contribution in [3.8, 4) is 0 Å². The quantitative estimate of drug-likeness (QED) is 0.575. The maximum absolute atomic E-state index is 12.2. The number of nitrogen functional groups attached to an aromatic ring is 1. The molecule has 3 rings (SSSR count). The maximum Gasteiger partial charge on any atom is 0.251 e. The number of hydrogen-bond donors (Lipinski definition) is 2. The lowest BCUT2D eigenvalue weighted by Crippen LogP contribution is -2.21. The van der Waals surface area contributed by atoms with Crippen LogP contribution in [0.3, 0.4) is 0 Å². The number of rotatable bonds is 3. The molecule has 0 radical (unpaired) electrons. The number of anilines is 1. The van der Waals surface area contributed by atoms with E-state index in [2.05, 4.69) is 10.4 Å². The van der Waals surface area contributed by atoms with Crippen LogP contribution >= 0.6 is 11.6 Å². The Hall–Kier alpha value is -2.37. The molecular weight excluding hydrogens is 288 g/mol. The van der Waals surface area contributed by atoms with Crippen molar-refractivity contribution in [3.05, 3.63) is 69.6 Å². The third-order valence-electron chi connectivity index (χ3n) is 3.27. The van der Waals surface area contributed by atoms with Crippen LogP contribution < -0.4 is 16.8 Å². The van der Waals surface area contributed by atoms with Crippen LogP contribution in [0, 0.1) is 0 Å². The van der Waals surface area contributed by atoms with E-state index in [1.54, 1.807) is 28.8 Å². The van der Waals surface area contributed by atoms with Crippen molar-refractivity contribution >= 4 is 28.3 Å². The number of aromatic nitrogens is 2. The van der Waals surface area contributed by atoms with E-state index in [-0.39, 0.29) is 12.1 Å². The molecule has 1 aromatic carbocycles. The number of fused-ring (bicyclic) bond motifs is 1. The normalized spacial score (nSPS) is 10.8. The number of benzene rings is 1. The molecule has 0 amide bonds. The van der Waals surface area contributed by atoms with Gasteiger partial charge in [0, 0.05) is 6.07 Å². The first-order valence-corrected chi connectivity index (χ1v) is 6.77. The van der Waals surface area contributed by atoms with Crippen LogP contribution in [0.15, 0.2) is 53.3 Å². The van der Waals surface area contributed by atoms with Crippen LogP contribution in [-0.2, 0) is 6.54 Å². The van der Waals surface area contributed by atoms with Crippen LogP contribution in [0.25, 0.3) is 10.9 Å². The van der Waals surface area contributed by atoms with Gasteiger partial charge in [0.2, 0.25) is 0 Å². The minimum atomic E-state index is -0.0994. The summed E-state index contributed by atoms with van der Waals surface area (Å²) in [6, 6.07) is 14.4. The number of nitrogens with one attached hydrogen (secondary N) is 1. The van der Waals surface area contributed by atoms with Crippen molar-refractivity contribution < 1.29 is 0 Å². The largest absolute Gasteiger partial charge is 0.308 e. The summed E-state index contributed by atoms with van der Waals surface area (Å²) in [6.45, 7) is 0.286. The predicted octanol–water partition coefficient (Wildman–Crippen LogP) is 2.38. The van der Waals surface area contributed by atoms with Crippen LogP contribution in [0.5, 0.6) is 0 Å². The van der Waals surface area contributed by atoms with Gasteiger partial charge in [0.05, 0.1) is 22.8 Å². The minimum Gasteiger partial charge on any atom is -0.308 e. The standard InChI is InChI=1S/C15H13ClN4O/c16-11-6-7-14(19-17)18-12(11)9-20-13-4-2-1-3-10(13)5-8-15(20)21/h1-8H,9,17H2,(H,18,19). The molecule has 0 fully saturated rings. The lowest BCUT2D eigenvalue weighted by Gasteiger charge is -2.11. The van der Waals surface area contributed by atoms with Gasteiger partial charge in [0.1, 0.15) is 5.82 Å². The van der Waals surface area contributed by atoms with Crippen molar-refractivity contribution in [2.24, 2.45) is 5.84 Å². The van der Waals surface area contributed by atoms with Crippen molar-refractivity contribution in [3.63, 3.8) is 0 Å². The molecule has 0 saturated heterocycles. The molecule has 0 atom stereocenters. The minimum absolute atomic E-state index is 0.0994. The summed E-state index contributed by atoms with van der Waals surface area (Å²) in [7, 11) is 0. The van der Waals surface area contributed by atoms with Crippen LogP contribution in [0.2, 0.25) is 5.02 Å². The number of nitrogens with two attached hydrogens (primary N) is 1. The molecule has 0 aliphatic carbocycles. The second-order valence-corrected chi connectivity index (χ2v) is 4.99. The Morgan fingerprint density at radius 2 is 1.95 bits per heavy atom. The van der Waals surface area contributed by atoms with Gasteiger partial charge < -0.3 is 9.99 Å². The molecule has 3 N–H and O–H groups in total. The van der Waals surface area contributed by atoms with Crippen LogP contribution in [-0.4, -0.2) is 9.55 Å². The van der Waals surface area contributed by atoms with E-state index in [1.807, 2.05) is 24.3 Å². The zero-order valence-electron chi connectivity index (χ0n) is 11.1. The third-order valence-corrected chi connectivity index (χ3v) is 3.62. The van der Waals surface area contributed by atoms with E-state index in [9.17, 15) is 4.79 Å². The Kier molecular flexibility index (Phi) is 3.60. The highest BCUT2D eigenvalue weighted by atomic mass is 35.5. The summed E-state index contributed by atoms with van der Waals surface area (Å²) in [5.41, 5.74) is 3.81. The molecule has 2 heterocycles. The lowest BCUT2D eigenvalue weighted by molar-refractivity contribution is 0.772. The Morgan fingerprint density at radius 3 is 2.76 bits per heavy atom. The van der Waals surface area contributed by atoms with E-state index in [1.165, 1.54) is 0 Å². The molecule has 0 spiro atoms. The lowest BCUT2D eigenvalue weighted by atomic mass is 10.2. The average Bonchev–Trinajstić information content (AvgIpc) is 2.52. The van der Waals surface area contributed by atoms with Crippen molar-refractivity contribution in [2.75, 3.05) is 5.43 Å². The molecule has 0 unspecified atom stereocenters. The van der Waals surface area contributed by atoms with Gasteiger partial charge in [-0.2, -0.15) is 0 Å². The fourth-order valence-electron chi connectivity index (χ4n) is 2.23. The Bertz CT molecular complexity index is 860. The summed E-state index contributed by atoms with van der Waals surface area (Å²) in [5.74, 6) is 5.86. The number of hydrazine groups is 1. The summed E-state index contributed by atoms with van der Waals surface area (Å²) >= 11 is 6.16. The zero-order valence-corrected chi connectivity index (χ0v) is 11.8. The molecule has 5 nitrogen and oxygen atoms in total. The first-order valence-electron chi connectivity index (χ1n) is 6.39. The van der Waals surface area contributed by atoms with Gasteiger partial charge in [-0.05, 0) is 29.7 Å². The van der Waals surface area contributed by atoms with E-state index in [0.717, 1.165) is 10.9 Å². The summed E-state index contributed by atoms with van der Waals surface area (Å²) in [5, 5.41) is 1.48. The number of halogens is 1. The molecule has 0 bridgehead atoms. The second-order valence-electron chi connectivity index (χ2n) is 4.59. The van der Waals surface area contributed by atoms with Gasteiger partial charge in [-0.1, -0.05) is 29.8 Å². The molecule has 21 heavy (non-hydrogen) atoms. The van der Waals surface area contributed by atoms with Gasteiger partial charge in [-0.3, -0.25) is 4.79 Å². The van der Waals surface area contributed by atoms with E-state index >= 15 is 0 Å².